The molecule has 0 amide bonds. The summed E-state index contributed by atoms with van der Waals surface area (Å²) in [7, 11) is 0. The van der Waals surface area contributed by atoms with Gasteiger partial charge in [0.2, 0.25) is 0 Å². The van der Waals surface area contributed by atoms with E-state index in [1.165, 1.54) is 6.08 Å². The number of benzene rings is 3. The zero-order valence-corrected chi connectivity index (χ0v) is 13.8. The lowest BCUT2D eigenvalue weighted by Gasteiger charge is -2.06. The maximum atomic E-state index is 12.3. The van der Waals surface area contributed by atoms with E-state index in [9.17, 15) is 9.90 Å². The largest absolute Gasteiger partial charge is 0.507 e. The lowest BCUT2D eigenvalue weighted by atomic mass is 10.0. The summed E-state index contributed by atoms with van der Waals surface area (Å²) in [6.45, 7) is 0. The SMILES string of the molecule is O=c1[nH]c2cc(Cl)ccc2nc1C=C(O)c1cccc2ccccc12. The monoisotopic (exact) mass is 348 g/mol. The van der Waals surface area contributed by atoms with E-state index in [1.54, 1.807) is 18.2 Å². The van der Waals surface area contributed by atoms with Gasteiger partial charge in [0.1, 0.15) is 11.5 Å². The van der Waals surface area contributed by atoms with Gasteiger partial charge in [-0.3, -0.25) is 4.79 Å². The van der Waals surface area contributed by atoms with Crippen molar-refractivity contribution in [1.82, 2.24) is 9.97 Å². The van der Waals surface area contributed by atoms with Crippen molar-refractivity contribution in [2.45, 2.75) is 0 Å². The zero-order valence-electron chi connectivity index (χ0n) is 13.0. The van der Waals surface area contributed by atoms with Crippen LogP contribution < -0.4 is 5.56 Å². The number of fused-ring (bicyclic) bond motifs is 2. The quantitative estimate of drug-likeness (QED) is 0.512. The summed E-state index contributed by atoms with van der Waals surface area (Å²) in [5, 5.41) is 13.0. The van der Waals surface area contributed by atoms with Crippen LogP contribution in [-0.2, 0) is 0 Å². The third-order valence-electron chi connectivity index (χ3n) is 4.02. The number of aromatic nitrogens is 2. The second-order valence-electron chi connectivity index (χ2n) is 5.67. The Morgan fingerprint density at radius 2 is 1.88 bits per heavy atom. The summed E-state index contributed by atoms with van der Waals surface area (Å²) in [6, 6.07) is 18.4. The summed E-state index contributed by atoms with van der Waals surface area (Å²) >= 11 is 5.93. The molecule has 0 saturated heterocycles. The molecule has 0 aliphatic carbocycles. The number of rotatable bonds is 2. The highest BCUT2D eigenvalue weighted by Crippen LogP contribution is 2.24. The van der Waals surface area contributed by atoms with Gasteiger partial charge in [-0.05, 0) is 29.0 Å². The minimum absolute atomic E-state index is 0.0110. The molecular formula is C20H13ClN2O2. The Bertz CT molecular complexity index is 1190. The maximum absolute atomic E-state index is 12.3. The molecule has 0 bridgehead atoms. The molecule has 1 heterocycles. The Kier molecular flexibility index (Phi) is 3.75. The van der Waals surface area contributed by atoms with Gasteiger partial charge < -0.3 is 10.1 Å². The van der Waals surface area contributed by atoms with Crippen LogP contribution in [0.25, 0.3) is 33.6 Å². The van der Waals surface area contributed by atoms with E-state index in [-0.39, 0.29) is 17.0 Å². The van der Waals surface area contributed by atoms with Crippen LogP contribution in [0.2, 0.25) is 5.02 Å². The van der Waals surface area contributed by atoms with E-state index in [4.69, 9.17) is 11.6 Å². The number of aliphatic hydroxyl groups is 1. The van der Waals surface area contributed by atoms with Crippen LogP contribution >= 0.6 is 11.6 Å². The van der Waals surface area contributed by atoms with Gasteiger partial charge >= 0.3 is 0 Å². The zero-order chi connectivity index (χ0) is 17.4. The van der Waals surface area contributed by atoms with E-state index < -0.39 is 0 Å². The second-order valence-corrected chi connectivity index (χ2v) is 6.11. The fourth-order valence-electron chi connectivity index (χ4n) is 2.83. The van der Waals surface area contributed by atoms with Crippen LogP contribution in [0.3, 0.4) is 0 Å². The van der Waals surface area contributed by atoms with Crippen LogP contribution in [0.5, 0.6) is 0 Å². The standard InChI is InChI=1S/C20H13ClN2O2/c21-13-8-9-16-17(10-13)23-20(25)18(22-16)11-19(24)15-7-3-5-12-4-1-2-6-14(12)15/h1-11,24H,(H,23,25). The van der Waals surface area contributed by atoms with E-state index in [0.29, 0.717) is 21.6 Å². The van der Waals surface area contributed by atoms with E-state index in [1.807, 2.05) is 42.5 Å². The minimum atomic E-state index is -0.387. The summed E-state index contributed by atoms with van der Waals surface area (Å²) in [4.78, 5) is 19.3. The first kappa shape index (κ1) is 15.4. The van der Waals surface area contributed by atoms with Crippen LogP contribution in [0.4, 0.5) is 0 Å². The van der Waals surface area contributed by atoms with Gasteiger partial charge in [0.15, 0.2) is 0 Å². The first-order chi connectivity index (χ1) is 12.1. The van der Waals surface area contributed by atoms with E-state index in [2.05, 4.69) is 9.97 Å². The van der Waals surface area contributed by atoms with Gasteiger partial charge in [0.05, 0.1) is 11.0 Å². The average Bonchev–Trinajstić information content (AvgIpc) is 2.62. The van der Waals surface area contributed by atoms with Crippen molar-refractivity contribution in [3.8, 4) is 0 Å². The number of hydrogen-bond acceptors (Lipinski definition) is 3. The lowest BCUT2D eigenvalue weighted by molar-refractivity contribution is 0.516. The third kappa shape index (κ3) is 2.88. The molecule has 0 saturated carbocycles. The molecule has 25 heavy (non-hydrogen) atoms. The smallest absolute Gasteiger partial charge is 0.274 e. The van der Waals surface area contributed by atoms with Gasteiger partial charge in [-0.15, -0.1) is 0 Å². The molecule has 0 unspecified atom stereocenters. The topological polar surface area (TPSA) is 66.0 Å². The highest BCUT2D eigenvalue weighted by atomic mass is 35.5. The van der Waals surface area contributed by atoms with Gasteiger partial charge in [-0.1, -0.05) is 54.1 Å². The fourth-order valence-corrected chi connectivity index (χ4v) is 3.00. The Labute approximate surface area is 148 Å². The third-order valence-corrected chi connectivity index (χ3v) is 4.25. The van der Waals surface area contributed by atoms with Gasteiger partial charge in [-0.25, -0.2) is 4.98 Å². The summed E-state index contributed by atoms with van der Waals surface area (Å²) in [5.74, 6) is -0.0110. The Hall–Kier alpha value is -3.11. The highest BCUT2D eigenvalue weighted by molar-refractivity contribution is 6.31. The first-order valence-corrected chi connectivity index (χ1v) is 8.08. The number of H-pyrrole nitrogens is 1. The fraction of sp³-hybridized carbons (Fsp3) is 0. The van der Waals surface area contributed by atoms with Crippen molar-refractivity contribution in [2.75, 3.05) is 0 Å². The molecule has 2 N–H and O–H groups in total. The molecule has 4 aromatic rings. The molecule has 0 aliphatic rings. The number of halogens is 1. The number of nitrogens with zero attached hydrogens (tertiary/aromatic N) is 1. The molecular weight excluding hydrogens is 336 g/mol. The van der Waals surface area contributed by atoms with E-state index in [0.717, 1.165) is 10.8 Å². The van der Waals surface area contributed by atoms with Crippen molar-refractivity contribution >= 4 is 45.2 Å². The number of aromatic amines is 1. The molecule has 4 nitrogen and oxygen atoms in total. The van der Waals surface area contributed by atoms with Crippen molar-refractivity contribution in [3.63, 3.8) is 0 Å². The van der Waals surface area contributed by atoms with Crippen LogP contribution in [0.15, 0.2) is 65.5 Å². The highest BCUT2D eigenvalue weighted by Gasteiger charge is 2.08. The van der Waals surface area contributed by atoms with Crippen molar-refractivity contribution in [2.24, 2.45) is 0 Å². The van der Waals surface area contributed by atoms with Crippen molar-refractivity contribution < 1.29 is 5.11 Å². The van der Waals surface area contributed by atoms with E-state index >= 15 is 0 Å². The molecule has 0 fully saturated rings. The first-order valence-electron chi connectivity index (χ1n) is 7.70. The maximum Gasteiger partial charge on any atom is 0.274 e. The molecule has 3 aromatic carbocycles. The predicted octanol–water partition coefficient (Wildman–Crippen LogP) is 4.79. The molecule has 4 rings (SSSR count). The Morgan fingerprint density at radius 1 is 1.08 bits per heavy atom. The summed E-state index contributed by atoms with van der Waals surface area (Å²) in [5.41, 5.74) is 1.55. The lowest BCUT2D eigenvalue weighted by Crippen LogP contribution is -2.12. The predicted molar refractivity (Wildman–Crippen MR) is 102 cm³/mol. The summed E-state index contributed by atoms with van der Waals surface area (Å²) in [6.07, 6.45) is 1.38. The van der Waals surface area contributed by atoms with Gasteiger partial charge in [0, 0.05) is 16.7 Å². The van der Waals surface area contributed by atoms with Gasteiger partial charge in [-0.2, -0.15) is 0 Å². The summed E-state index contributed by atoms with van der Waals surface area (Å²) < 4.78 is 0. The Morgan fingerprint density at radius 3 is 2.76 bits per heavy atom. The molecule has 1 aromatic heterocycles. The molecule has 0 spiro atoms. The molecule has 0 aliphatic heterocycles. The second kappa shape index (κ2) is 6.07. The molecule has 122 valence electrons. The molecule has 5 heteroatoms. The number of hydrogen-bond donors (Lipinski definition) is 2. The van der Waals surface area contributed by atoms with Crippen LogP contribution in [0, 0.1) is 0 Å². The van der Waals surface area contributed by atoms with Gasteiger partial charge in [0.25, 0.3) is 5.56 Å². The van der Waals surface area contributed by atoms with Crippen LogP contribution in [-0.4, -0.2) is 15.1 Å². The number of nitrogens with one attached hydrogen (secondary N) is 1. The average molecular weight is 349 g/mol. The molecule has 0 radical (unpaired) electrons. The van der Waals surface area contributed by atoms with Crippen molar-refractivity contribution in [3.05, 3.63) is 87.3 Å². The Balaban J connectivity index is 1.87. The number of aliphatic hydroxyl groups excluding tert-OH is 1. The van der Waals surface area contributed by atoms with Crippen LogP contribution in [0.1, 0.15) is 11.3 Å². The minimum Gasteiger partial charge on any atom is -0.507 e. The van der Waals surface area contributed by atoms with Crippen molar-refractivity contribution in [1.29, 1.82) is 0 Å². The normalized spacial score (nSPS) is 12.0. The molecule has 0 atom stereocenters.